The van der Waals surface area contributed by atoms with E-state index in [-0.39, 0.29) is 0 Å². The topological polar surface area (TPSA) is 53.6 Å². The fourth-order valence-electron chi connectivity index (χ4n) is 2.08. The first-order chi connectivity index (χ1) is 10.2. The Morgan fingerprint density at radius 3 is 3.05 bits per heavy atom. The Labute approximate surface area is 130 Å². The van der Waals surface area contributed by atoms with E-state index in [2.05, 4.69) is 36.5 Å². The van der Waals surface area contributed by atoms with Gasteiger partial charge in [0.1, 0.15) is 10.8 Å². The van der Waals surface area contributed by atoms with Gasteiger partial charge < -0.3 is 16.0 Å². The van der Waals surface area contributed by atoms with Crippen LogP contribution in [-0.4, -0.2) is 24.2 Å². The highest BCUT2D eigenvalue weighted by Gasteiger charge is 2.23. The highest BCUT2D eigenvalue weighted by Crippen LogP contribution is 2.37. The van der Waals surface area contributed by atoms with Crippen molar-refractivity contribution in [3.63, 3.8) is 0 Å². The van der Waals surface area contributed by atoms with E-state index in [1.54, 1.807) is 17.5 Å². The summed E-state index contributed by atoms with van der Waals surface area (Å²) >= 11 is 1.65. The first-order valence-corrected chi connectivity index (χ1v) is 7.96. The van der Waals surface area contributed by atoms with Crippen molar-refractivity contribution in [2.75, 3.05) is 18.4 Å². The molecular formula is C16H22N4S. The minimum Gasteiger partial charge on any atom is -0.404 e. The summed E-state index contributed by atoms with van der Waals surface area (Å²) < 4.78 is 0. The molecule has 0 spiro atoms. The van der Waals surface area contributed by atoms with Crippen LogP contribution in [0.15, 0.2) is 47.2 Å². The van der Waals surface area contributed by atoms with E-state index >= 15 is 0 Å². The molecule has 2 heterocycles. The lowest BCUT2D eigenvalue weighted by Gasteiger charge is -2.33. The molecule has 0 unspecified atom stereocenters. The molecule has 0 atom stereocenters. The Balaban J connectivity index is 2.06. The summed E-state index contributed by atoms with van der Waals surface area (Å²) in [5.74, 6) is 0.816. The van der Waals surface area contributed by atoms with Gasteiger partial charge in [0.2, 0.25) is 0 Å². The molecule has 0 saturated carbocycles. The van der Waals surface area contributed by atoms with Crippen molar-refractivity contribution < 1.29 is 0 Å². The lowest BCUT2D eigenvalue weighted by atomic mass is 10.1. The third kappa shape index (κ3) is 3.55. The molecule has 2 rings (SSSR count). The van der Waals surface area contributed by atoms with Gasteiger partial charge in [0.05, 0.1) is 6.54 Å². The van der Waals surface area contributed by atoms with Gasteiger partial charge >= 0.3 is 0 Å². The smallest absolute Gasteiger partial charge is 0.104 e. The quantitative estimate of drug-likeness (QED) is 0.623. The first kappa shape index (κ1) is 15.4. The van der Waals surface area contributed by atoms with Crippen molar-refractivity contribution in [1.29, 1.82) is 0 Å². The fourth-order valence-corrected chi connectivity index (χ4v) is 2.91. The Morgan fingerprint density at radius 1 is 1.52 bits per heavy atom. The summed E-state index contributed by atoms with van der Waals surface area (Å²) in [5, 5.41) is 6.44. The summed E-state index contributed by atoms with van der Waals surface area (Å²) in [4.78, 5) is 6.43. The van der Waals surface area contributed by atoms with Crippen molar-refractivity contribution in [3.05, 3.63) is 47.8 Å². The van der Waals surface area contributed by atoms with Crippen LogP contribution in [0.4, 0.5) is 5.00 Å². The number of thiophene rings is 1. The van der Waals surface area contributed by atoms with Crippen molar-refractivity contribution in [1.82, 2.24) is 4.90 Å². The van der Waals surface area contributed by atoms with Crippen molar-refractivity contribution in [2.45, 2.75) is 19.8 Å². The van der Waals surface area contributed by atoms with Gasteiger partial charge in [-0.1, -0.05) is 26.5 Å². The molecule has 112 valence electrons. The zero-order chi connectivity index (χ0) is 15.2. The van der Waals surface area contributed by atoms with Crippen LogP contribution in [0.1, 0.15) is 25.3 Å². The summed E-state index contributed by atoms with van der Waals surface area (Å²) in [7, 11) is 0. The maximum Gasteiger partial charge on any atom is 0.104 e. The molecule has 21 heavy (non-hydrogen) atoms. The van der Waals surface area contributed by atoms with E-state index < -0.39 is 0 Å². The van der Waals surface area contributed by atoms with Crippen LogP contribution in [0.2, 0.25) is 0 Å². The van der Waals surface area contributed by atoms with Crippen LogP contribution in [0.25, 0.3) is 5.70 Å². The number of rotatable bonds is 6. The molecule has 0 radical (unpaired) electrons. The first-order valence-electron chi connectivity index (χ1n) is 7.08. The second kappa shape index (κ2) is 7.13. The second-order valence-electron chi connectivity index (χ2n) is 4.90. The number of hydrogen-bond acceptors (Lipinski definition) is 5. The Kier molecular flexibility index (Phi) is 5.22. The highest BCUT2D eigenvalue weighted by molar-refractivity contribution is 7.14. The number of anilines is 1. The summed E-state index contributed by atoms with van der Waals surface area (Å²) in [5.41, 5.74) is 8.72. The average Bonchev–Trinajstić information content (AvgIpc) is 2.94. The molecule has 0 aromatic carbocycles. The lowest BCUT2D eigenvalue weighted by molar-refractivity contribution is 0.539. The molecule has 0 aliphatic carbocycles. The van der Waals surface area contributed by atoms with E-state index in [1.807, 2.05) is 16.5 Å². The number of nitrogens with zero attached hydrogens (tertiary/aromatic N) is 2. The van der Waals surface area contributed by atoms with Crippen LogP contribution in [0.5, 0.6) is 0 Å². The van der Waals surface area contributed by atoms with E-state index in [9.17, 15) is 0 Å². The molecule has 4 nitrogen and oxygen atoms in total. The number of nitrogens with one attached hydrogen (secondary N) is 1. The summed E-state index contributed by atoms with van der Waals surface area (Å²) in [6, 6.07) is 2.07. The lowest BCUT2D eigenvalue weighted by Crippen LogP contribution is -2.30. The summed E-state index contributed by atoms with van der Waals surface area (Å²) in [6.07, 6.45) is 5.68. The van der Waals surface area contributed by atoms with Crippen molar-refractivity contribution in [2.24, 2.45) is 10.7 Å². The van der Waals surface area contributed by atoms with Crippen LogP contribution in [-0.2, 0) is 0 Å². The van der Waals surface area contributed by atoms with Gasteiger partial charge in [-0.15, -0.1) is 11.3 Å². The largest absolute Gasteiger partial charge is 0.404 e. The highest BCUT2D eigenvalue weighted by atomic mass is 32.1. The van der Waals surface area contributed by atoms with Crippen molar-refractivity contribution in [3.8, 4) is 0 Å². The van der Waals surface area contributed by atoms with Gasteiger partial charge in [-0.05, 0) is 17.9 Å². The molecule has 1 aromatic heterocycles. The van der Waals surface area contributed by atoms with E-state index in [0.29, 0.717) is 6.54 Å². The van der Waals surface area contributed by atoms with Gasteiger partial charge in [0.15, 0.2) is 0 Å². The minimum absolute atomic E-state index is 0.617. The number of fused-ring (bicyclic) bond motifs is 1. The number of nitrogens with two attached hydrogens (primary N) is 1. The molecule has 0 amide bonds. The molecule has 0 bridgehead atoms. The van der Waals surface area contributed by atoms with Crippen LogP contribution in [0.3, 0.4) is 0 Å². The monoisotopic (exact) mass is 302 g/mol. The SMILES string of the molecule is C=C1Nc2sccc2C(=C)N1CC(C=NCCCC)=CN. The van der Waals surface area contributed by atoms with Crippen LogP contribution < -0.4 is 11.1 Å². The molecule has 1 aromatic rings. The van der Waals surface area contributed by atoms with Gasteiger partial charge in [-0.3, -0.25) is 4.99 Å². The standard InChI is InChI=1S/C16H22N4S/c1-4-5-7-18-10-14(9-17)11-20-12(2)15-6-8-21-16(15)19-13(20)3/h6,8-10,19H,2-5,7,11,17H2,1H3. The maximum absolute atomic E-state index is 5.71. The number of hydrogen-bond donors (Lipinski definition) is 2. The van der Waals surface area contributed by atoms with E-state index in [1.165, 1.54) is 0 Å². The Bertz CT molecular complexity index is 583. The number of unbranched alkanes of at least 4 members (excludes halogenated alkanes) is 1. The number of aliphatic imine (C=N–C) groups is 1. The van der Waals surface area contributed by atoms with E-state index in [4.69, 9.17) is 5.73 Å². The van der Waals surface area contributed by atoms with Gasteiger partial charge in [-0.25, -0.2) is 0 Å². The molecule has 1 aliphatic rings. The second-order valence-corrected chi connectivity index (χ2v) is 5.81. The predicted octanol–water partition coefficient (Wildman–Crippen LogP) is 3.63. The minimum atomic E-state index is 0.617. The predicted molar refractivity (Wildman–Crippen MR) is 93.4 cm³/mol. The van der Waals surface area contributed by atoms with Gasteiger partial charge in [-0.2, -0.15) is 0 Å². The zero-order valence-corrected chi connectivity index (χ0v) is 13.2. The average molecular weight is 302 g/mol. The zero-order valence-electron chi connectivity index (χ0n) is 12.4. The van der Waals surface area contributed by atoms with Gasteiger partial charge in [0.25, 0.3) is 0 Å². The van der Waals surface area contributed by atoms with Crippen LogP contribution in [0, 0.1) is 0 Å². The fraction of sp³-hybridized carbons (Fsp3) is 0.312. The maximum atomic E-state index is 5.71. The van der Waals surface area contributed by atoms with Gasteiger partial charge in [0, 0.05) is 35.8 Å². The van der Waals surface area contributed by atoms with Crippen molar-refractivity contribution >= 4 is 28.2 Å². The van der Waals surface area contributed by atoms with Crippen LogP contribution >= 0.6 is 11.3 Å². The Hall–Kier alpha value is -2.01. The third-order valence-electron chi connectivity index (χ3n) is 3.34. The third-order valence-corrected chi connectivity index (χ3v) is 4.17. The molecule has 3 N–H and O–H groups in total. The molecule has 0 saturated heterocycles. The molecule has 1 aliphatic heterocycles. The Morgan fingerprint density at radius 2 is 2.33 bits per heavy atom. The molecular weight excluding hydrogens is 280 g/mol. The molecule has 5 heteroatoms. The molecule has 0 fully saturated rings. The summed E-state index contributed by atoms with van der Waals surface area (Å²) in [6.45, 7) is 11.9. The normalized spacial score (nSPS) is 15.5. The van der Waals surface area contributed by atoms with E-state index in [0.717, 1.165) is 47.0 Å².